The molecule has 0 amide bonds. The third-order valence-corrected chi connectivity index (χ3v) is 10.9. The molecule has 1 aromatic carbocycles. The Bertz CT molecular complexity index is 790. The average molecular weight is 450 g/mol. The highest BCUT2D eigenvalue weighted by Crippen LogP contribution is 2.46. The lowest BCUT2D eigenvalue weighted by Gasteiger charge is -2.48. The highest BCUT2D eigenvalue weighted by molar-refractivity contribution is 6.74. The van der Waals surface area contributed by atoms with Crippen LogP contribution in [0.4, 0.5) is 5.69 Å². The lowest BCUT2D eigenvalue weighted by molar-refractivity contribution is -0.154. The fourth-order valence-corrected chi connectivity index (χ4v) is 4.97. The van der Waals surface area contributed by atoms with E-state index in [0.29, 0.717) is 13.0 Å². The first-order valence-corrected chi connectivity index (χ1v) is 14.3. The van der Waals surface area contributed by atoms with Crippen molar-refractivity contribution in [2.75, 3.05) is 18.1 Å². The third-order valence-electron chi connectivity index (χ3n) is 6.57. The fourth-order valence-electron chi connectivity index (χ4n) is 3.94. The standard InChI is InChI=1S/C25H43NO4Si/c1-23(2,3)29-22(28)13-14-26-21-15-19(30-31(9,10)24(4,5)6)11-12-20(21)18(17-27)16-25(26,7)8/h11-12,15,18,27H,13-14,16-17H2,1-10H3. The maximum Gasteiger partial charge on any atom is 0.308 e. The summed E-state index contributed by atoms with van der Waals surface area (Å²) in [6, 6.07) is 6.23. The quantitative estimate of drug-likeness (QED) is 0.435. The Morgan fingerprint density at radius 2 is 1.81 bits per heavy atom. The van der Waals surface area contributed by atoms with Crippen LogP contribution in [0.1, 0.15) is 79.7 Å². The summed E-state index contributed by atoms with van der Waals surface area (Å²) >= 11 is 0. The Kier molecular flexibility index (Phi) is 7.28. The molecule has 176 valence electrons. The van der Waals surface area contributed by atoms with Crippen molar-refractivity contribution in [1.82, 2.24) is 0 Å². The van der Waals surface area contributed by atoms with Gasteiger partial charge in [-0.3, -0.25) is 4.79 Å². The zero-order valence-corrected chi connectivity index (χ0v) is 22.3. The van der Waals surface area contributed by atoms with Gasteiger partial charge in [-0.05, 0) is 70.8 Å². The number of rotatable bonds is 6. The second-order valence-corrected chi connectivity index (χ2v) is 16.7. The monoisotopic (exact) mass is 449 g/mol. The topological polar surface area (TPSA) is 59.0 Å². The van der Waals surface area contributed by atoms with Gasteiger partial charge in [0.05, 0.1) is 13.0 Å². The van der Waals surface area contributed by atoms with E-state index < -0.39 is 13.9 Å². The van der Waals surface area contributed by atoms with Gasteiger partial charge < -0.3 is 19.2 Å². The van der Waals surface area contributed by atoms with Crippen molar-refractivity contribution in [3.8, 4) is 5.75 Å². The van der Waals surface area contributed by atoms with Crippen LogP contribution in [0.25, 0.3) is 0 Å². The van der Waals surface area contributed by atoms with Gasteiger partial charge in [0, 0.05) is 29.8 Å². The minimum absolute atomic E-state index is 0.0738. The molecule has 1 aromatic rings. The molecule has 1 N–H and O–H groups in total. The predicted molar refractivity (Wildman–Crippen MR) is 131 cm³/mol. The van der Waals surface area contributed by atoms with Crippen molar-refractivity contribution in [1.29, 1.82) is 0 Å². The van der Waals surface area contributed by atoms with E-state index in [-0.39, 0.29) is 29.1 Å². The number of aliphatic hydroxyl groups excluding tert-OH is 1. The lowest BCUT2D eigenvalue weighted by Crippen LogP contribution is -2.50. The van der Waals surface area contributed by atoms with Gasteiger partial charge in [0.2, 0.25) is 8.32 Å². The van der Waals surface area contributed by atoms with Gasteiger partial charge in [0.1, 0.15) is 11.4 Å². The van der Waals surface area contributed by atoms with Crippen molar-refractivity contribution in [3.63, 3.8) is 0 Å². The zero-order valence-electron chi connectivity index (χ0n) is 21.3. The van der Waals surface area contributed by atoms with Crippen LogP contribution in [0.2, 0.25) is 18.1 Å². The number of carbonyl (C=O) groups is 1. The van der Waals surface area contributed by atoms with Crippen LogP contribution in [0.3, 0.4) is 0 Å². The first kappa shape index (κ1) is 25.7. The number of nitrogens with zero attached hydrogens (tertiary/aromatic N) is 1. The number of benzene rings is 1. The maximum absolute atomic E-state index is 12.4. The van der Waals surface area contributed by atoms with E-state index in [4.69, 9.17) is 9.16 Å². The molecule has 0 aliphatic carbocycles. The van der Waals surface area contributed by atoms with Gasteiger partial charge in [0.25, 0.3) is 0 Å². The molecular weight excluding hydrogens is 406 g/mol. The van der Waals surface area contributed by atoms with Crippen molar-refractivity contribution in [2.24, 2.45) is 0 Å². The third kappa shape index (κ3) is 6.25. The molecule has 1 aliphatic rings. The molecule has 0 spiro atoms. The molecule has 0 saturated carbocycles. The number of ether oxygens (including phenoxy) is 1. The van der Waals surface area contributed by atoms with Gasteiger partial charge >= 0.3 is 5.97 Å². The molecular formula is C25H43NO4Si. The van der Waals surface area contributed by atoms with Crippen LogP contribution in [0, 0.1) is 0 Å². The van der Waals surface area contributed by atoms with Crippen molar-refractivity contribution < 1.29 is 19.1 Å². The molecule has 1 unspecified atom stereocenters. The highest BCUT2D eigenvalue weighted by atomic mass is 28.4. The number of fused-ring (bicyclic) bond motifs is 1. The summed E-state index contributed by atoms with van der Waals surface area (Å²) in [6.07, 6.45) is 1.14. The normalized spacial score (nSPS) is 19.1. The highest BCUT2D eigenvalue weighted by Gasteiger charge is 2.41. The summed E-state index contributed by atoms with van der Waals surface area (Å²) in [4.78, 5) is 14.7. The molecule has 0 radical (unpaired) electrons. The lowest BCUT2D eigenvalue weighted by atomic mass is 9.79. The minimum Gasteiger partial charge on any atom is -0.543 e. The largest absolute Gasteiger partial charge is 0.543 e. The predicted octanol–water partition coefficient (Wildman–Crippen LogP) is 5.87. The number of hydrogen-bond donors (Lipinski definition) is 1. The Morgan fingerprint density at radius 1 is 1.19 bits per heavy atom. The van der Waals surface area contributed by atoms with E-state index in [1.807, 2.05) is 26.8 Å². The first-order chi connectivity index (χ1) is 14.0. The molecule has 1 aliphatic heterocycles. The number of anilines is 1. The summed E-state index contributed by atoms with van der Waals surface area (Å²) in [7, 11) is -1.98. The summed E-state index contributed by atoms with van der Waals surface area (Å²) in [6.45, 7) is 21.9. The summed E-state index contributed by atoms with van der Waals surface area (Å²) < 4.78 is 12.1. The molecule has 0 saturated heterocycles. The van der Waals surface area contributed by atoms with Crippen molar-refractivity contribution in [2.45, 2.75) is 103 Å². The number of hydrogen-bond acceptors (Lipinski definition) is 5. The Hall–Kier alpha value is -1.53. The Balaban J connectivity index is 2.38. The van der Waals surface area contributed by atoms with E-state index in [9.17, 15) is 9.90 Å². The molecule has 2 rings (SSSR count). The number of carbonyl (C=O) groups excluding carboxylic acids is 1. The molecule has 0 aromatic heterocycles. The minimum atomic E-state index is -1.98. The average Bonchev–Trinajstić information content (AvgIpc) is 2.56. The maximum atomic E-state index is 12.4. The molecule has 1 heterocycles. The molecule has 0 fully saturated rings. The van der Waals surface area contributed by atoms with Gasteiger partial charge in [-0.15, -0.1) is 0 Å². The smallest absolute Gasteiger partial charge is 0.308 e. The van der Waals surface area contributed by atoms with Crippen LogP contribution >= 0.6 is 0 Å². The van der Waals surface area contributed by atoms with Crippen LogP contribution in [0.5, 0.6) is 5.75 Å². The van der Waals surface area contributed by atoms with Gasteiger partial charge in [-0.1, -0.05) is 26.8 Å². The van der Waals surface area contributed by atoms with Gasteiger partial charge in [0.15, 0.2) is 0 Å². The van der Waals surface area contributed by atoms with Crippen LogP contribution in [-0.4, -0.2) is 43.7 Å². The Labute approximate surface area is 190 Å². The van der Waals surface area contributed by atoms with E-state index in [1.165, 1.54) is 0 Å². The van der Waals surface area contributed by atoms with Gasteiger partial charge in [-0.2, -0.15) is 0 Å². The van der Waals surface area contributed by atoms with E-state index >= 15 is 0 Å². The van der Waals surface area contributed by atoms with Gasteiger partial charge in [-0.25, -0.2) is 0 Å². The van der Waals surface area contributed by atoms with Crippen molar-refractivity contribution >= 4 is 20.0 Å². The zero-order chi connectivity index (χ0) is 23.8. The fraction of sp³-hybridized carbons (Fsp3) is 0.720. The van der Waals surface area contributed by atoms with Crippen LogP contribution in [-0.2, 0) is 9.53 Å². The molecule has 31 heavy (non-hydrogen) atoms. The summed E-state index contributed by atoms with van der Waals surface area (Å²) in [5, 5.41) is 10.2. The number of esters is 1. The second kappa shape index (κ2) is 8.78. The van der Waals surface area contributed by atoms with Crippen molar-refractivity contribution in [3.05, 3.63) is 23.8 Å². The molecule has 0 bridgehead atoms. The summed E-state index contributed by atoms with van der Waals surface area (Å²) in [5.41, 5.74) is 1.49. The van der Waals surface area contributed by atoms with Crippen LogP contribution in [0.15, 0.2) is 18.2 Å². The van der Waals surface area contributed by atoms with E-state index in [2.05, 4.69) is 64.7 Å². The number of aliphatic hydroxyl groups is 1. The Morgan fingerprint density at radius 3 is 2.32 bits per heavy atom. The SMILES string of the molecule is CC(C)(C)OC(=O)CCN1c2cc(O[Si](C)(C)C(C)(C)C)ccc2C(CO)CC1(C)C. The van der Waals surface area contributed by atoms with E-state index in [1.54, 1.807) is 0 Å². The van der Waals surface area contributed by atoms with Crippen LogP contribution < -0.4 is 9.33 Å². The molecule has 6 heteroatoms. The second-order valence-electron chi connectivity index (χ2n) is 12.0. The summed E-state index contributed by atoms with van der Waals surface area (Å²) in [5.74, 6) is 0.745. The first-order valence-electron chi connectivity index (χ1n) is 11.4. The molecule has 1 atom stereocenters. The van der Waals surface area contributed by atoms with E-state index in [0.717, 1.165) is 23.4 Å². The molecule has 5 nitrogen and oxygen atoms in total.